The molecule has 0 aliphatic carbocycles. The van der Waals surface area contributed by atoms with E-state index in [0.717, 1.165) is 32.4 Å². The van der Waals surface area contributed by atoms with E-state index in [0.29, 0.717) is 31.0 Å². The summed E-state index contributed by atoms with van der Waals surface area (Å²) < 4.78 is 5.20. The van der Waals surface area contributed by atoms with E-state index >= 15 is 0 Å². The van der Waals surface area contributed by atoms with Crippen LogP contribution in [-0.4, -0.2) is 47.6 Å². The maximum absolute atomic E-state index is 12.8. The maximum Gasteiger partial charge on any atom is 0.247 e. The van der Waals surface area contributed by atoms with Crippen molar-refractivity contribution in [3.05, 3.63) is 65.4 Å². The standard InChI is InChI=1S/C31H43N3O2/c1-7-9-25(16-22(6)21(5)8-2)29-28(20(3)4)26-17-24(10-11-27(26)33-29)23-12-14-34(15-13-23)30(35)31(32)18-36-19-31/h7,9-11,16-17,20-21,23,33H,1,8,12-15,18-19,32H2,2-6H3/b22-16-,25-9+. The van der Waals surface area contributed by atoms with Gasteiger partial charge >= 0.3 is 0 Å². The highest BCUT2D eigenvalue weighted by atomic mass is 16.5. The van der Waals surface area contributed by atoms with Crippen molar-refractivity contribution in [2.75, 3.05) is 26.3 Å². The summed E-state index contributed by atoms with van der Waals surface area (Å²) in [7, 11) is 0. The zero-order chi connectivity index (χ0) is 26.0. The van der Waals surface area contributed by atoms with Gasteiger partial charge in [0.05, 0.1) is 13.2 Å². The predicted molar refractivity (Wildman–Crippen MR) is 150 cm³/mol. The van der Waals surface area contributed by atoms with Crippen LogP contribution in [0.5, 0.6) is 0 Å². The number of likely N-dealkylation sites (tertiary alicyclic amines) is 1. The fraction of sp³-hybridized carbons (Fsp3) is 0.516. The maximum atomic E-state index is 12.8. The van der Waals surface area contributed by atoms with Crippen LogP contribution in [0.2, 0.25) is 0 Å². The number of allylic oxidation sites excluding steroid dienone is 5. The van der Waals surface area contributed by atoms with E-state index in [9.17, 15) is 4.79 Å². The monoisotopic (exact) mass is 489 g/mol. The Morgan fingerprint density at radius 3 is 2.53 bits per heavy atom. The number of carbonyl (C=O) groups is 1. The Morgan fingerprint density at radius 2 is 1.97 bits per heavy atom. The molecule has 0 spiro atoms. The molecule has 1 atom stereocenters. The van der Waals surface area contributed by atoms with Crippen LogP contribution in [0.1, 0.15) is 82.5 Å². The fourth-order valence-electron chi connectivity index (χ4n) is 5.53. The third kappa shape index (κ3) is 5.09. The summed E-state index contributed by atoms with van der Waals surface area (Å²) in [4.78, 5) is 18.5. The van der Waals surface area contributed by atoms with Gasteiger partial charge in [-0.25, -0.2) is 0 Å². The zero-order valence-electron chi connectivity index (χ0n) is 22.7. The van der Waals surface area contributed by atoms with Crippen molar-refractivity contribution in [3.63, 3.8) is 0 Å². The van der Waals surface area contributed by atoms with Crippen molar-refractivity contribution in [2.24, 2.45) is 11.7 Å². The van der Waals surface area contributed by atoms with E-state index in [-0.39, 0.29) is 5.91 Å². The Balaban J connectivity index is 1.62. The highest BCUT2D eigenvalue weighted by molar-refractivity contribution is 5.92. The molecule has 5 heteroatoms. The first-order valence-electron chi connectivity index (χ1n) is 13.5. The van der Waals surface area contributed by atoms with Gasteiger partial charge in [0.25, 0.3) is 0 Å². The lowest BCUT2D eigenvalue weighted by Crippen LogP contribution is -2.67. The van der Waals surface area contributed by atoms with Gasteiger partial charge in [-0.1, -0.05) is 64.1 Å². The molecule has 1 aromatic carbocycles. The van der Waals surface area contributed by atoms with E-state index in [1.54, 1.807) is 0 Å². The summed E-state index contributed by atoms with van der Waals surface area (Å²) in [6.07, 6.45) is 9.36. The van der Waals surface area contributed by atoms with Crippen LogP contribution in [0.25, 0.3) is 16.5 Å². The molecule has 2 aromatic rings. The number of nitrogens with two attached hydrogens (primary N) is 1. The second-order valence-electron chi connectivity index (χ2n) is 11.1. The average molecular weight is 490 g/mol. The quantitative estimate of drug-likeness (QED) is 0.428. The topological polar surface area (TPSA) is 71.4 Å². The molecular formula is C31H43N3O2. The number of rotatable bonds is 8. The number of benzene rings is 1. The minimum atomic E-state index is -0.808. The van der Waals surface area contributed by atoms with Crippen LogP contribution in [-0.2, 0) is 9.53 Å². The number of aromatic nitrogens is 1. The fourth-order valence-corrected chi connectivity index (χ4v) is 5.53. The summed E-state index contributed by atoms with van der Waals surface area (Å²) >= 11 is 0. The number of hydrogen-bond acceptors (Lipinski definition) is 3. The predicted octanol–water partition coefficient (Wildman–Crippen LogP) is 6.29. The Hall–Kier alpha value is -2.63. The van der Waals surface area contributed by atoms with Gasteiger partial charge in [-0.3, -0.25) is 4.79 Å². The normalized spacial score (nSPS) is 20.0. The molecule has 36 heavy (non-hydrogen) atoms. The lowest BCUT2D eigenvalue weighted by Gasteiger charge is -2.42. The molecule has 0 saturated carbocycles. The molecule has 3 N–H and O–H groups in total. The van der Waals surface area contributed by atoms with Crippen LogP contribution in [0.15, 0.2) is 48.6 Å². The molecular weight excluding hydrogens is 446 g/mol. The molecule has 1 amide bonds. The molecule has 4 rings (SSSR count). The van der Waals surface area contributed by atoms with E-state index in [4.69, 9.17) is 10.5 Å². The molecule has 2 fully saturated rings. The van der Waals surface area contributed by atoms with Crippen molar-refractivity contribution in [3.8, 4) is 0 Å². The minimum Gasteiger partial charge on any atom is -0.376 e. The smallest absolute Gasteiger partial charge is 0.247 e. The number of nitrogens with one attached hydrogen (secondary N) is 1. The average Bonchev–Trinajstić information content (AvgIpc) is 3.25. The molecule has 1 unspecified atom stereocenters. The number of amides is 1. The first kappa shape index (κ1) is 26.4. The van der Waals surface area contributed by atoms with Crippen LogP contribution in [0, 0.1) is 5.92 Å². The summed E-state index contributed by atoms with van der Waals surface area (Å²) in [6.45, 7) is 17.4. The molecule has 2 aliphatic heterocycles. The minimum absolute atomic E-state index is 0.0438. The number of aromatic amines is 1. The summed E-state index contributed by atoms with van der Waals surface area (Å²) in [5.41, 5.74) is 13.0. The van der Waals surface area contributed by atoms with Gasteiger partial charge < -0.3 is 20.4 Å². The van der Waals surface area contributed by atoms with Crippen LogP contribution >= 0.6 is 0 Å². The Morgan fingerprint density at radius 1 is 1.28 bits per heavy atom. The van der Waals surface area contributed by atoms with Crippen LogP contribution in [0.4, 0.5) is 0 Å². The van der Waals surface area contributed by atoms with E-state index < -0.39 is 5.54 Å². The van der Waals surface area contributed by atoms with Gasteiger partial charge in [0.15, 0.2) is 0 Å². The van der Waals surface area contributed by atoms with Gasteiger partial charge in [-0.2, -0.15) is 0 Å². The second-order valence-corrected chi connectivity index (χ2v) is 11.1. The van der Waals surface area contributed by atoms with Gasteiger partial charge in [-0.05, 0) is 72.8 Å². The second kappa shape index (κ2) is 10.8. The molecule has 5 nitrogen and oxygen atoms in total. The highest BCUT2D eigenvalue weighted by Crippen LogP contribution is 2.38. The van der Waals surface area contributed by atoms with Gasteiger partial charge in [0.2, 0.25) is 5.91 Å². The van der Waals surface area contributed by atoms with E-state index in [1.807, 2.05) is 11.0 Å². The number of piperidine rings is 1. The van der Waals surface area contributed by atoms with Crippen LogP contribution in [0.3, 0.4) is 0 Å². The number of hydrogen-bond donors (Lipinski definition) is 2. The van der Waals surface area contributed by atoms with E-state index in [2.05, 4.69) is 76.5 Å². The number of nitrogens with zero attached hydrogens (tertiary/aromatic N) is 1. The van der Waals surface area contributed by atoms with Crippen molar-refractivity contribution in [1.82, 2.24) is 9.88 Å². The zero-order valence-corrected chi connectivity index (χ0v) is 22.7. The van der Waals surface area contributed by atoms with Crippen molar-refractivity contribution >= 4 is 22.4 Å². The SMILES string of the molecule is C=C/C=C(\C=C(\C)C(C)CC)c1[nH]c2ccc(C3CCN(C(=O)C4(N)COC4)CC3)cc2c1C(C)C. The number of ether oxygens (including phenoxy) is 1. The molecule has 2 saturated heterocycles. The Bertz CT molecular complexity index is 1170. The summed E-state index contributed by atoms with van der Waals surface area (Å²) in [5, 5.41) is 1.30. The number of H-pyrrole nitrogens is 1. The lowest BCUT2D eigenvalue weighted by atomic mass is 9.86. The molecule has 194 valence electrons. The molecule has 2 aliphatic rings. The Kier molecular flexibility index (Phi) is 7.91. The molecule has 3 heterocycles. The number of carbonyl (C=O) groups excluding carboxylic acids is 1. The summed E-state index contributed by atoms with van der Waals surface area (Å²) in [5.74, 6) is 1.40. The molecule has 0 bridgehead atoms. The van der Waals surface area contributed by atoms with E-state index in [1.165, 1.54) is 38.9 Å². The molecule has 1 aromatic heterocycles. The number of fused-ring (bicyclic) bond motifs is 1. The van der Waals surface area contributed by atoms with Crippen molar-refractivity contribution in [1.29, 1.82) is 0 Å². The van der Waals surface area contributed by atoms with Gasteiger partial charge in [-0.15, -0.1) is 0 Å². The van der Waals surface area contributed by atoms with Crippen LogP contribution < -0.4 is 5.73 Å². The third-order valence-electron chi connectivity index (χ3n) is 8.20. The van der Waals surface area contributed by atoms with Gasteiger partial charge in [0.1, 0.15) is 5.54 Å². The Labute approximate surface area is 216 Å². The first-order valence-corrected chi connectivity index (χ1v) is 13.5. The highest BCUT2D eigenvalue weighted by Gasteiger charge is 2.45. The molecule has 0 radical (unpaired) electrons. The third-order valence-corrected chi connectivity index (χ3v) is 8.20. The summed E-state index contributed by atoms with van der Waals surface area (Å²) in [6, 6.07) is 6.87. The van der Waals surface area contributed by atoms with Gasteiger partial charge in [0, 0.05) is 29.7 Å². The largest absolute Gasteiger partial charge is 0.376 e. The lowest BCUT2D eigenvalue weighted by molar-refractivity contribution is -0.155. The van der Waals surface area contributed by atoms with Crippen molar-refractivity contribution in [2.45, 2.75) is 71.3 Å². The van der Waals surface area contributed by atoms with Crippen molar-refractivity contribution < 1.29 is 9.53 Å². The first-order chi connectivity index (χ1) is 17.2.